The van der Waals surface area contributed by atoms with Crippen molar-refractivity contribution in [1.29, 1.82) is 0 Å². The molecule has 2 rings (SSSR count). The van der Waals surface area contributed by atoms with Crippen molar-refractivity contribution in [1.82, 2.24) is 5.32 Å². The first-order valence-electron chi connectivity index (χ1n) is 4.47. The van der Waals surface area contributed by atoms with Crippen molar-refractivity contribution in [3.63, 3.8) is 0 Å². The molecule has 0 amide bonds. The first-order chi connectivity index (χ1) is 6.61. The van der Waals surface area contributed by atoms with Crippen LogP contribution in [0.5, 0.6) is 0 Å². The van der Waals surface area contributed by atoms with Crippen LogP contribution in [0, 0.1) is 0 Å². The Kier molecular flexibility index (Phi) is 3.93. The number of hydrogen-bond donors (Lipinski definition) is 1. The Balaban J connectivity index is 0.00000112. The zero-order valence-electron chi connectivity index (χ0n) is 7.84. The van der Waals surface area contributed by atoms with Crippen molar-refractivity contribution >= 4 is 24.0 Å². The SMILES string of the molecule is Cl.FC1(F)CCNC1c1ccccc1Cl. The smallest absolute Gasteiger partial charge is 0.268 e. The van der Waals surface area contributed by atoms with E-state index < -0.39 is 12.0 Å². The van der Waals surface area contributed by atoms with Gasteiger partial charge in [-0.25, -0.2) is 8.78 Å². The molecule has 0 spiro atoms. The lowest BCUT2D eigenvalue weighted by Crippen LogP contribution is -2.26. The molecular weight excluding hydrogens is 243 g/mol. The minimum absolute atomic E-state index is 0. The summed E-state index contributed by atoms with van der Waals surface area (Å²) in [7, 11) is 0. The highest BCUT2D eigenvalue weighted by molar-refractivity contribution is 6.31. The van der Waals surface area contributed by atoms with Gasteiger partial charge in [0.2, 0.25) is 0 Å². The van der Waals surface area contributed by atoms with Gasteiger partial charge in [-0.2, -0.15) is 0 Å². The van der Waals surface area contributed by atoms with E-state index in [0.717, 1.165) is 0 Å². The molecule has 0 radical (unpaired) electrons. The third-order valence-corrected chi connectivity index (χ3v) is 2.79. The maximum Gasteiger partial charge on any atom is 0.268 e. The minimum Gasteiger partial charge on any atom is -0.305 e. The van der Waals surface area contributed by atoms with Crippen LogP contribution in [-0.4, -0.2) is 12.5 Å². The second-order valence-electron chi connectivity index (χ2n) is 3.42. The molecule has 1 unspecified atom stereocenters. The number of rotatable bonds is 1. The van der Waals surface area contributed by atoms with Crippen molar-refractivity contribution in [3.8, 4) is 0 Å². The second kappa shape index (κ2) is 4.64. The normalized spacial score (nSPS) is 23.5. The molecular formula is C10H11Cl2F2N. The monoisotopic (exact) mass is 253 g/mol. The summed E-state index contributed by atoms with van der Waals surface area (Å²) in [6.45, 7) is 0.336. The summed E-state index contributed by atoms with van der Waals surface area (Å²) in [5.74, 6) is -2.69. The Labute approximate surface area is 98.2 Å². The van der Waals surface area contributed by atoms with E-state index in [4.69, 9.17) is 11.6 Å². The summed E-state index contributed by atoms with van der Waals surface area (Å²) in [4.78, 5) is 0. The molecule has 1 N–H and O–H groups in total. The molecule has 15 heavy (non-hydrogen) atoms. The highest BCUT2D eigenvalue weighted by Gasteiger charge is 2.45. The fourth-order valence-corrected chi connectivity index (χ4v) is 1.97. The summed E-state index contributed by atoms with van der Waals surface area (Å²) in [5, 5.41) is 3.16. The van der Waals surface area contributed by atoms with E-state index in [-0.39, 0.29) is 18.8 Å². The van der Waals surface area contributed by atoms with Gasteiger partial charge in [0.25, 0.3) is 5.92 Å². The third-order valence-electron chi connectivity index (χ3n) is 2.45. The summed E-state index contributed by atoms with van der Waals surface area (Å²) in [5.41, 5.74) is 0.483. The molecule has 5 heteroatoms. The molecule has 1 aromatic rings. The number of hydrogen-bond acceptors (Lipinski definition) is 1. The Morgan fingerprint density at radius 1 is 1.33 bits per heavy atom. The van der Waals surface area contributed by atoms with Gasteiger partial charge in [-0.1, -0.05) is 29.8 Å². The lowest BCUT2D eigenvalue weighted by molar-refractivity contribution is -0.0116. The molecule has 1 heterocycles. The molecule has 1 fully saturated rings. The quantitative estimate of drug-likeness (QED) is 0.809. The molecule has 1 saturated heterocycles. The third kappa shape index (κ3) is 2.41. The van der Waals surface area contributed by atoms with E-state index in [1.54, 1.807) is 24.3 Å². The first-order valence-corrected chi connectivity index (χ1v) is 4.85. The summed E-state index contributed by atoms with van der Waals surface area (Å²) < 4.78 is 26.7. The summed E-state index contributed by atoms with van der Waals surface area (Å²) >= 11 is 5.86. The van der Waals surface area contributed by atoms with Crippen LogP contribution < -0.4 is 5.32 Å². The van der Waals surface area contributed by atoms with Gasteiger partial charge in [-0.3, -0.25) is 0 Å². The molecule has 1 aliphatic heterocycles. The van der Waals surface area contributed by atoms with Crippen LogP contribution in [0.3, 0.4) is 0 Å². The fourth-order valence-electron chi connectivity index (χ4n) is 1.72. The Morgan fingerprint density at radius 3 is 2.53 bits per heavy atom. The zero-order valence-corrected chi connectivity index (χ0v) is 9.42. The highest BCUT2D eigenvalue weighted by atomic mass is 35.5. The number of benzene rings is 1. The van der Waals surface area contributed by atoms with Gasteiger partial charge in [0.15, 0.2) is 0 Å². The molecule has 1 aliphatic rings. The van der Waals surface area contributed by atoms with E-state index in [0.29, 0.717) is 17.1 Å². The van der Waals surface area contributed by atoms with Gasteiger partial charge in [0, 0.05) is 18.0 Å². The molecule has 0 bridgehead atoms. The van der Waals surface area contributed by atoms with Gasteiger partial charge < -0.3 is 5.32 Å². The predicted molar refractivity (Wildman–Crippen MR) is 59.0 cm³/mol. The molecule has 1 atom stereocenters. The van der Waals surface area contributed by atoms with Crippen LogP contribution in [0.25, 0.3) is 0 Å². The van der Waals surface area contributed by atoms with Crippen LogP contribution in [0.15, 0.2) is 24.3 Å². The van der Waals surface area contributed by atoms with Crippen molar-refractivity contribution in [2.24, 2.45) is 0 Å². The molecule has 0 aromatic heterocycles. The Bertz CT molecular complexity index is 344. The highest BCUT2D eigenvalue weighted by Crippen LogP contribution is 2.40. The lowest BCUT2D eigenvalue weighted by atomic mass is 10.0. The average Bonchev–Trinajstić information content (AvgIpc) is 2.46. The van der Waals surface area contributed by atoms with Gasteiger partial charge in [0.05, 0.1) is 6.04 Å². The molecule has 1 aromatic carbocycles. The average molecular weight is 254 g/mol. The van der Waals surface area contributed by atoms with Crippen LogP contribution in [0.1, 0.15) is 18.0 Å². The number of halogens is 4. The van der Waals surface area contributed by atoms with Gasteiger partial charge in [-0.05, 0) is 11.6 Å². The van der Waals surface area contributed by atoms with Crippen LogP contribution in [-0.2, 0) is 0 Å². The van der Waals surface area contributed by atoms with Gasteiger partial charge in [0.1, 0.15) is 0 Å². The molecule has 0 saturated carbocycles. The van der Waals surface area contributed by atoms with E-state index in [1.807, 2.05) is 0 Å². The van der Waals surface area contributed by atoms with Crippen LogP contribution >= 0.6 is 24.0 Å². The number of nitrogens with one attached hydrogen (secondary N) is 1. The molecule has 84 valence electrons. The lowest BCUT2D eigenvalue weighted by Gasteiger charge is -2.20. The van der Waals surface area contributed by atoms with Crippen molar-refractivity contribution in [2.75, 3.05) is 6.54 Å². The fraction of sp³-hybridized carbons (Fsp3) is 0.400. The standard InChI is InChI=1S/C10H10ClF2N.ClH/c11-8-4-2-1-3-7(8)9-10(12,13)5-6-14-9;/h1-4,9,14H,5-6H2;1H. The van der Waals surface area contributed by atoms with Crippen LogP contribution in [0.4, 0.5) is 8.78 Å². The largest absolute Gasteiger partial charge is 0.305 e. The molecule has 1 nitrogen and oxygen atoms in total. The topological polar surface area (TPSA) is 12.0 Å². The van der Waals surface area contributed by atoms with Crippen molar-refractivity contribution < 1.29 is 8.78 Å². The maximum atomic E-state index is 13.4. The Morgan fingerprint density at radius 2 is 2.00 bits per heavy atom. The zero-order chi connectivity index (χ0) is 10.2. The number of alkyl halides is 2. The van der Waals surface area contributed by atoms with Gasteiger partial charge >= 0.3 is 0 Å². The predicted octanol–water partition coefficient (Wildman–Crippen LogP) is 3.43. The van der Waals surface area contributed by atoms with E-state index >= 15 is 0 Å². The maximum absolute atomic E-state index is 13.4. The van der Waals surface area contributed by atoms with E-state index in [9.17, 15) is 8.78 Å². The first kappa shape index (κ1) is 12.7. The summed E-state index contributed by atoms with van der Waals surface area (Å²) in [6.07, 6.45) is -0.122. The summed E-state index contributed by atoms with van der Waals surface area (Å²) in [6, 6.07) is 5.79. The van der Waals surface area contributed by atoms with E-state index in [1.165, 1.54) is 0 Å². The van der Waals surface area contributed by atoms with Crippen LogP contribution in [0.2, 0.25) is 5.02 Å². The van der Waals surface area contributed by atoms with E-state index in [2.05, 4.69) is 5.32 Å². The van der Waals surface area contributed by atoms with Gasteiger partial charge in [-0.15, -0.1) is 12.4 Å². The Hall–Kier alpha value is -0.380. The van der Waals surface area contributed by atoms with Crippen molar-refractivity contribution in [2.45, 2.75) is 18.4 Å². The minimum atomic E-state index is -2.69. The molecule has 0 aliphatic carbocycles. The van der Waals surface area contributed by atoms with Crippen molar-refractivity contribution in [3.05, 3.63) is 34.9 Å². The second-order valence-corrected chi connectivity index (χ2v) is 3.83.